The predicted molar refractivity (Wildman–Crippen MR) is 105 cm³/mol. The van der Waals surface area contributed by atoms with Crippen LogP contribution in [0.15, 0.2) is 30.3 Å². The summed E-state index contributed by atoms with van der Waals surface area (Å²) in [5.41, 5.74) is 0.854. The largest absolute Gasteiger partial charge is 0.454 e. The van der Waals surface area contributed by atoms with Gasteiger partial charge in [0.2, 0.25) is 0 Å². The Bertz CT molecular complexity index is 623. The smallest absolute Gasteiger partial charge is 0.306 e. The second-order valence-electron chi connectivity index (χ2n) is 7.56. The van der Waals surface area contributed by atoms with Gasteiger partial charge in [-0.05, 0) is 6.42 Å². The summed E-state index contributed by atoms with van der Waals surface area (Å²) in [5, 5.41) is 10.9. The standard InChI is InChI=1S/C22H32O7/c1-3-4-5-6-10-13-17(23)28-20-18(24)19-16(27-22(20)25-2)14-26-21(29-19)15-11-8-7-9-12-15/h7-9,11-12,16,18-22,24H,3-6,10,13-14H2,1-2H3/t16-,18+,19-,20-,21?,22+/m1/s1. The van der Waals surface area contributed by atoms with E-state index in [1.54, 1.807) is 0 Å². The average molecular weight is 408 g/mol. The lowest BCUT2D eigenvalue weighted by atomic mass is 9.97. The van der Waals surface area contributed by atoms with Crippen molar-refractivity contribution in [2.75, 3.05) is 13.7 Å². The van der Waals surface area contributed by atoms with Gasteiger partial charge >= 0.3 is 5.97 Å². The maximum Gasteiger partial charge on any atom is 0.306 e. The molecule has 6 atom stereocenters. The number of carbonyl (C=O) groups excluding carboxylic acids is 1. The van der Waals surface area contributed by atoms with Crippen LogP contribution in [0, 0.1) is 0 Å². The van der Waals surface area contributed by atoms with Crippen molar-refractivity contribution in [2.45, 2.75) is 82.4 Å². The first-order valence-corrected chi connectivity index (χ1v) is 10.5. The third-order valence-electron chi connectivity index (χ3n) is 5.37. The summed E-state index contributed by atoms with van der Waals surface area (Å²) < 4.78 is 28.5. The first-order valence-electron chi connectivity index (χ1n) is 10.5. The normalized spacial score (nSPS) is 31.8. The van der Waals surface area contributed by atoms with Crippen molar-refractivity contribution in [1.29, 1.82) is 0 Å². The zero-order valence-electron chi connectivity index (χ0n) is 17.2. The van der Waals surface area contributed by atoms with Crippen LogP contribution < -0.4 is 0 Å². The summed E-state index contributed by atoms with van der Waals surface area (Å²) in [6.45, 7) is 2.40. The number of aliphatic hydroxyl groups excluding tert-OH is 1. The van der Waals surface area contributed by atoms with Gasteiger partial charge in [0, 0.05) is 19.1 Å². The fraction of sp³-hybridized carbons (Fsp3) is 0.682. The van der Waals surface area contributed by atoms with Gasteiger partial charge in [-0.15, -0.1) is 0 Å². The molecule has 2 saturated heterocycles. The highest BCUT2D eigenvalue weighted by Crippen LogP contribution is 2.35. The summed E-state index contributed by atoms with van der Waals surface area (Å²) in [6.07, 6.45) is 0.838. The van der Waals surface area contributed by atoms with Gasteiger partial charge in [0.15, 0.2) is 18.7 Å². The van der Waals surface area contributed by atoms with Crippen LogP contribution in [-0.2, 0) is 28.5 Å². The van der Waals surface area contributed by atoms with Crippen molar-refractivity contribution in [3.8, 4) is 0 Å². The van der Waals surface area contributed by atoms with Crippen molar-refractivity contribution in [2.24, 2.45) is 0 Å². The SMILES string of the molecule is CCCCCCCC(=O)O[C@H]1[C@@H](OC)O[C@@H]2COC(c3ccccc3)O[C@H]2[C@@H]1O. The molecular formula is C22H32O7. The lowest BCUT2D eigenvalue weighted by Crippen LogP contribution is -2.63. The number of unbranched alkanes of at least 4 members (excludes halogenated alkanes) is 4. The Hall–Kier alpha value is -1.51. The molecule has 7 heteroatoms. The van der Waals surface area contributed by atoms with E-state index < -0.39 is 37.0 Å². The van der Waals surface area contributed by atoms with E-state index in [9.17, 15) is 9.90 Å². The lowest BCUT2D eigenvalue weighted by molar-refractivity contribution is -0.358. The summed E-state index contributed by atoms with van der Waals surface area (Å²) in [6, 6.07) is 9.50. The molecule has 3 rings (SSSR count). The molecule has 2 fully saturated rings. The Balaban J connectivity index is 1.58. The second kappa shape index (κ2) is 11.0. The second-order valence-corrected chi connectivity index (χ2v) is 7.56. The molecule has 29 heavy (non-hydrogen) atoms. The van der Waals surface area contributed by atoms with Crippen LogP contribution in [0.2, 0.25) is 0 Å². The van der Waals surface area contributed by atoms with E-state index in [0.717, 1.165) is 31.2 Å². The minimum atomic E-state index is -1.07. The number of ether oxygens (including phenoxy) is 5. The molecule has 0 bridgehead atoms. The van der Waals surface area contributed by atoms with Crippen LogP contribution in [-0.4, -0.2) is 55.5 Å². The van der Waals surface area contributed by atoms with Gasteiger partial charge < -0.3 is 28.8 Å². The van der Waals surface area contributed by atoms with Crippen LogP contribution >= 0.6 is 0 Å². The Labute approximate surface area is 172 Å². The van der Waals surface area contributed by atoms with Crippen LogP contribution in [0.5, 0.6) is 0 Å². The topological polar surface area (TPSA) is 83.5 Å². The molecule has 0 aliphatic carbocycles. The number of rotatable bonds is 9. The predicted octanol–water partition coefficient (Wildman–Crippen LogP) is 3.11. The van der Waals surface area contributed by atoms with Crippen molar-refractivity contribution >= 4 is 5.97 Å². The Kier molecular flexibility index (Phi) is 8.44. The minimum Gasteiger partial charge on any atom is -0.454 e. The highest BCUT2D eigenvalue weighted by molar-refractivity contribution is 5.69. The van der Waals surface area contributed by atoms with E-state index in [4.69, 9.17) is 23.7 Å². The van der Waals surface area contributed by atoms with Crippen molar-refractivity contribution in [3.05, 3.63) is 35.9 Å². The van der Waals surface area contributed by atoms with Gasteiger partial charge in [-0.25, -0.2) is 0 Å². The first kappa shape index (κ1) is 22.2. The van der Waals surface area contributed by atoms with E-state index in [0.29, 0.717) is 6.42 Å². The lowest BCUT2D eigenvalue weighted by Gasteiger charge is -2.46. The number of fused-ring (bicyclic) bond motifs is 1. The fourth-order valence-electron chi connectivity index (χ4n) is 3.75. The number of benzene rings is 1. The highest BCUT2D eigenvalue weighted by atomic mass is 16.8. The minimum absolute atomic E-state index is 0.249. The van der Waals surface area contributed by atoms with Gasteiger partial charge in [0.1, 0.15) is 18.3 Å². The number of hydrogen-bond acceptors (Lipinski definition) is 7. The molecule has 1 unspecified atom stereocenters. The molecule has 2 heterocycles. The van der Waals surface area contributed by atoms with Crippen molar-refractivity contribution in [1.82, 2.24) is 0 Å². The van der Waals surface area contributed by atoms with E-state index in [1.165, 1.54) is 13.5 Å². The maximum absolute atomic E-state index is 12.3. The van der Waals surface area contributed by atoms with Gasteiger partial charge in [-0.3, -0.25) is 4.79 Å². The molecule has 2 aliphatic heterocycles. The van der Waals surface area contributed by atoms with Crippen molar-refractivity contribution < 1.29 is 33.6 Å². The molecule has 1 aromatic rings. The number of methoxy groups -OCH3 is 1. The molecule has 0 radical (unpaired) electrons. The monoisotopic (exact) mass is 408 g/mol. The van der Waals surface area contributed by atoms with Crippen LogP contribution in [0.3, 0.4) is 0 Å². The van der Waals surface area contributed by atoms with Gasteiger partial charge in [-0.2, -0.15) is 0 Å². The van der Waals surface area contributed by atoms with Gasteiger partial charge in [0.25, 0.3) is 0 Å². The molecule has 0 spiro atoms. The summed E-state index contributed by atoms with van der Waals surface area (Å²) in [4.78, 5) is 12.3. The Morgan fingerprint density at radius 1 is 1.14 bits per heavy atom. The van der Waals surface area contributed by atoms with E-state index in [-0.39, 0.29) is 12.6 Å². The number of aliphatic hydroxyl groups is 1. The van der Waals surface area contributed by atoms with E-state index in [1.807, 2.05) is 30.3 Å². The quantitative estimate of drug-likeness (QED) is 0.496. The highest BCUT2D eigenvalue weighted by Gasteiger charge is 2.51. The van der Waals surface area contributed by atoms with Crippen LogP contribution in [0.1, 0.15) is 57.3 Å². The first-order chi connectivity index (χ1) is 14.1. The number of hydrogen-bond donors (Lipinski definition) is 1. The fourth-order valence-corrected chi connectivity index (χ4v) is 3.75. The van der Waals surface area contributed by atoms with E-state index in [2.05, 4.69) is 6.92 Å². The summed E-state index contributed by atoms with van der Waals surface area (Å²) in [7, 11) is 1.46. The third kappa shape index (κ3) is 5.77. The Morgan fingerprint density at radius 2 is 1.90 bits per heavy atom. The third-order valence-corrected chi connectivity index (χ3v) is 5.37. The zero-order chi connectivity index (χ0) is 20.6. The Morgan fingerprint density at radius 3 is 2.62 bits per heavy atom. The number of esters is 1. The zero-order valence-corrected chi connectivity index (χ0v) is 17.2. The van der Waals surface area contributed by atoms with Gasteiger partial charge in [0.05, 0.1) is 6.61 Å². The molecule has 2 aliphatic rings. The van der Waals surface area contributed by atoms with Crippen molar-refractivity contribution in [3.63, 3.8) is 0 Å². The molecule has 1 aromatic carbocycles. The molecule has 0 aromatic heterocycles. The summed E-state index contributed by atoms with van der Waals surface area (Å²) >= 11 is 0. The average Bonchev–Trinajstić information content (AvgIpc) is 2.75. The number of carbonyl (C=O) groups is 1. The molecule has 162 valence electrons. The van der Waals surface area contributed by atoms with Crippen LogP contribution in [0.4, 0.5) is 0 Å². The molecule has 7 nitrogen and oxygen atoms in total. The van der Waals surface area contributed by atoms with Gasteiger partial charge in [-0.1, -0.05) is 62.9 Å². The van der Waals surface area contributed by atoms with E-state index >= 15 is 0 Å². The molecular weight excluding hydrogens is 376 g/mol. The molecule has 1 N–H and O–H groups in total. The molecule has 0 amide bonds. The summed E-state index contributed by atoms with van der Waals surface area (Å²) in [5.74, 6) is -0.360. The maximum atomic E-state index is 12.3. The van der Waals surface area contributed by atoms with Crippen LogP contribution in [0.25, 0.3) is 0 Å². The molecule has 0 saturated carbocycles.